The minimum absolute atomic E-state index is 0.297. The Morgan fingerprint density at radius 1 is 1.46 bits per heavy atom. The van der Waals surface area contributed by atoms with Crippen LogP contribution in [0, 0.1) is 5.82 Å². The van der Waals surface area contributed by atoms with E-state index in [1.54, 1.807) is 0 Å². The monoisotopic (exact) mass is 205 g/mol. The molecule has 0 aliphatic heterocycles. The number of rotatable bonds is 2. The second-order valence-corrected chi connectivity index (χ2v) is 4.00. The lowest BCUT2D eigenvalue weighted by atomic mass is 10.2. The van der Waals surface area contributed by atoms with Crippen molar-refractivity contribution >= 4 is 10.0 Å². The topological polar surface area (TPSA) is 80.4 Å². The number of aliphatic hydroxyl groups excluding tert-OH is 1. The molecule has 0 atom stereocenters. The minimum Gasteiger partial charge on any atom is -0.392 e. The molecule has 0 aliphatic carbocycles. The van der Waals surface area contributed by atoms with Gasteiger partial charge in [0.2, 0.25) is 10.0 Å². The van der Waals surface area contributed by atoms with E-state index in [0.29, 0.717) is 5.56 Å². The van der Waals surface area contributed by atoms with E-state index in [4.69, 9.17) is 10.2 Å². The Labute approximate surface area is 74.9 Å². The Hall–Kier alpha value is -0.980. The van der Waals surface area contributed by atoms with Crippen molar-refractivity contribution < 1.29 is 17.9 Å². The smallest absolute Gasteiger partial charge is 0.240 e. The van der Waals surface area contributed by atoms with Crippen LogP contribution in [0.5, 0.6) is 0 Å². The summed E-state index contributed by atoms with van der Waals surface area (Å²) in [6.45, 7) is -0.358. The number of nitrogens with two attached hydrogens (primary N) is 1. The van der Waals surface area contributed by atoms with Crippen LogP contribution in [0.25, 0.3) is 0 Å². The van der Waals surface area contributed by atoms with Gasteiger partial charge in [-0.2, -0.15) is 0 Å². The number of aliphatic hydroxyl groups is 1. The van der Waals surface area contributed by atoms with Crippen molar-refractivity contribution in [3.05, 3.63) is 29.6 Å². The van der Waals surface area contributed by atoms with Gasteiger partial charge in [0, 0.05) is 0 Å². The van der Waals surface area contributed by atoms with Gasteiger partial charge in [-0.3, -0.25) is 0 Å². The summed E-state index contributed by atoms with van der Waals surface area (Å²) in [4.78, 5) is -0.598. The van der Waals surface area contributed by atoms with Gasteiger partial charge in [0.1, 0.15) is 10.7 Å². The highest BCUT2D eigenvalue weighted by Crippen LogP contribution is 2.14. The maximum Gasteiger partial charge on any atom is 0.240 e. The van der Waals surface area contributed by atoms with Gasteiger partial charge >= 0.3 is 0 Å². The Bertz CT molecular complexity index is 416. The molecule has 0 unspecified atom stereocenters. The zero-order chi connectivity index (χ0) is 10.1. The molecule has 1 rings (SSSR count). The van der Waals surface area contributed by atoms with Crippen LogP contribution in [0.1, 0.15) is 5.56 Å². The van der Waals surface area contributed by atoms with E-state index in [1.807, 2.05) is 0 Å². The van der Waals surface area contributed by atoms with Crippen LogP contribution in [0.4, 0.5) is 4.39 Å². The normalized spacial score (nSPS) is 11.6. The Morgan fingerprint density at radius 3 is 2.54 bits per heavy atom. The number of primary sulfonamides is 1. The predicted molar refractivity (Wildman–Crippen MR) is 43.7 cm³/mol. The van der Waals surface area contributed by atoms with Crippen molar-refractivity contribution in [1.29, 1.82) is 0 Å². The van der Waals surface area contributed by atoms with Gasteiger partial charge in [-0.15, -0.1) is 0 Å². The third-order valence-electron chi connectivity index (χ3n) is 1.48. The van der Waals surface area contributed by atoms with E-state index in [9.17, 15) is 12.8 Å². The molecule has 0 aromatic heterocycles. The largest absolute Gasteiger partial charge is 0.392 e. The molecule has 1 aromatic carbocycles. The van der Waals surface area contributed by atoms with Crippen molar-refractivity contribution in [3.8, 4) is 0 Å². The summed E-state index contributed by atoms with van der Waals surface area (Å²) in [5.74, 6) is -0.917. The van der Waals surface area contributed by atoms with Crippen molar-refractivity contribution in [2.45, 2.75) is 11.5 Å². The number of halogens is 1. The van der Waals surface area contributed by atoms with Crippen molar-refractivity contribution in [3.63, 3.8) is 0 Å². The molecule has 0 heterocycles. The summed E-state index contributed by atoms with van der Waals surface area (Å²) in [5, 5.41) is 13.4. The summed E-state index contributed by atoms with van der Waals surface area (Å²) in [6, 6.07) is 3.24. The first kappa shape index (κ1) is 10.1. The van der Waals surface area contributed by atoms with Gasteiger partial charge < -0.3 is 5.11 Å². The molecule has 0 spiro atoms. The third-order valence-corrected chi connectivity index (χ3v) is 2.41. The summed E-state index contributed by atoms with van der Waals surface area (Å²) in [5.41, 5.74) is 0.297. The van der Waals surface area contributed by atoms with E-state index in [0.717, 1.165) is 12.1 Å². The van der Waals surface area contributed by atoms with Crippen LogP contribution < -0.4 is 5.14 Å². The highest BCUT2D eigenvalue weighted by atomic mass is 32.2. The molecule has 6 heteroatoms. The molecule has 4 nitrogen and oxygen atoms in total. The van der Waals surface area contributed by atoms with E-state index in [2.05, 4.69) is 0 Å². The molecule has 0 saturated carbocycles. The van der Waals surface area contributed by atoms with Gasteiger partial charge in [0.05, 0.1) is 6.61 Å². The number of hydrogen-bond donors (Lipinski definition) is 2. The molecular weight excluding hydrogens is 197 g/mol. The van der Waals surface area contributed by atoms with E-state index in [1.165, 1.54) is 6.07 Å². The van der Waals surface area contributed by atoms with Gasteiger partial charge in [-0.05, 0) is 17.7 Å². The average Bonchev–Trinajstić information content (AvgIpc) is 2.03. The molecule has 3 N–H and O–H groups in total. The zero-order valence-corrected chi connectivity index (χ0v) is 7.38. The van der Waals surface area contributed by atoms with Gasteiger partial charge in [0.25, 0.3) is 0 Å². The van der Waals surface area contributed by atoms with Crippen LogP contribution >= 0.6 is 0 Å². The number of hydrogen-bond acceptors (Lipinski definition) is 3. The molecule has 0 fully saturated rings. The molecule has 0 amide bonds. The zero-order valence-electron chi connectivity index (χ0n) is 6.57. The molecule has 0 saturated heterocycles. The summed E-state index contributed by atoms with van der Waals surface area (Å²) >= 11 is 0. The number of sulfonamides is 1. The van der Waals surface area contributed by atoms with Gasteiger partial charge in [-0.1, -0.05) is 6.07 Å². The maximum atomic E-state index is 12.9. The van der Waals surface area contributed by atoms with Gasteiger partial charge in [-0.25, -0.2) is 17.9 Å². The van der Waals surface area contributed by atoms with Crippen molar-refractivity contribution in [2.24, 2.45) is 5.14 Å². The Balaban J connectivity index is 3.36. The van der Waals surface area contributed by atoms with Crippen LogP contribution in [-0.2, 0) is 16.6 Å². The summed E-state index contributed by atoms with van der Waals surface area (Å²) in [6.07, 6.45) is 0. The summed E-state index contributed by atoms with van der Waals surface area (Å²) in [7, 11) is -4.05. The van der Waals surface area contributed by atoms with E-state index in [-0.39, 0.29) is 6.61 Å². The second-order valence-electron chi connectivity index (χ2n) is 2.47. The fourth-order valence-electron chi connectivity index (χ4n) is 0.864. The van der Waals surface area contributed by atoms with Crippen LogP contribution in [0.3, 0.4) is 0 Å². The Morgan fingerprint density at radius 2 is 2.08 bits per heavy atom. The maximum absolute atomic E-state index is 12.9. The predicted octanol–water partition coefficient (Wildman–Crippen LogP) is -0.0346. The summed E-state index contributed by atoms with van der Waals surface area (Å²) < 4.78 is 34.4. The molecular formula is C7H8FNO3S. The fourth-order valence-corrected chi connectivity index (χ4v) is 1.52. The SMILES string of the molecule is NS(=O)(=O)c1cc(CO)ccc1F. The van der Waals surface area contributed by atoms with E-state index < -0.39 is 20.7 Å². The first-order valence-electron chi connectivity index (χ1n) is 3.37. The molecule has 0 aliphatic rings. The lowest BCUT2D eigenvalue weighted by Crippen LogP contribution is -2.14. The standard InChI is InChI=1S/C7H8FNO3S/c8-6-2-1-5(4-10)3-7(6)13(9,11)12/h1-3,10H,4H2,(H2,9,11,12). The minimum atomic E-state index is -4.05. The first-order chi connectivity index (χ1) is 5.95. The fraction of sp³-hybridized carbons (Fsp3) is 0.143. The quantitative estimate of drug-likeness (QED) is 0.711. The molecule has 0 bridgehead atoms. The molecule has 1 aromatic rings. The average molecular weight is 205 g/mol. The lowest BCUT2D eigenvalue weighted by molar-refractivity contribution is 0.281. The second kappa shape index (κ2) is 3.41. The van der Waals surface area contributed by atoms with Crippen LogP contribution in [0.2, 0.25) is 0 Å². The molecule has 0 radical (unpaired) electrons. The molecule has 13 heavy (non-hydrogen) atoms. The van der Waals surface area contributed by atoms with Crippen LogP contribution in [0.15, 0.2) is 23.1 Å². The highest BCUT2D eigenvalue weighted by molar-refractivity contribution is 7.89. The third kappa shape index (κ3) is 2.24. The first-order valence-corrected chi connectivity index (χ1v) is 4.92. The van der Waals surface area contributed by atoms with E-state index >= 15 is 0 Å². The van der Waals surface area contributed by atoms with Gasteiger partial charge in [0.15, 0.2) is 0 Å². The number of benzene rings is 1. The van der Waals surface area contributed by atoms with Crippen LogP contribution in [-0.4, -0.2) is 13.5 Å². The molecule has 72 valence electrons. The lowest BCUT2D eigenvalue weighted by Gasteiger charge is -2.01. The Kier molecular flexibility index (Phi) is 2.65. The van der Waals surface area contributed by atoms with Crippen molar-refractivity contribution in [1.82, 2.24) is 0 Å². The highest BCUT2D eigenvalue weighted by Gasteiger charge is 2.14. The van der Waals surface area contributed by atoms with Crippen molar-refractivity contribution in [2.75, 3.05) is 0 Å².